The van der Waals surface area contributed by atoms with E-state index in [-0.39, 0.29) is 24.9 Å². The van der Waals surface area contributed by atoms with Crippen molar-refractivity contribution in [2.75, 3.05) is 6.61 Å². The number of carbonyl (C=O) groups is 2. The lowest BCUT2D eigenvalue weighted by molar-refractivity contribution is -0.151. The Kier molecular flexibility index (Phi) is 42.7. The van der Waals surface area contributed by atoms with Gasteiger partial charge in [-0.15, -0.1) is 0 Å². The van der Waals surface area contributed by atoms with Crippen molar-refractivity contribution in [1.82, 2.24) is 5.32 Å². The molecule has 0 aliphatic rings. The molecule has 3 N–H and O–H groups in total. The maximum atomic E-state index is 13.1. The van der Waals surface area contributed by atoms with Gasteiger partial charge < -0.3 is 20.3 Å². The zero-order valence-corrected chi connectivity index (χ0v) is 37.3. The molecule has 0 fully saturated rings. The van der Waals surface area contributed by atoms with Crippen LogP contribution < -0.4 is 5.32 Å². The molecule has 0 aromatic rings. The number of nitrogens with one attached hydrogen (secondary N) is 1. The van der Waals surface area contributed by atoms with Gasteiger partial charge >= 0.3 is 5.97 Å². The van der Waals surface area contributed by atoms with Crippen LogP contribution in [0.5, 0.6) is 0 Å². The van der Waals surface area contributed by atoms with E-state index in [1.54, 1.807) is 0 Å². The summed E-state index contributed by atoms with van der Waals surface area (Å²) in [4.78, 5) is 26.0. The van der Waals surface area contributed by atoms with E-state index in [2.05, 4.69) is 62.5 Å². The van der Waals surface area contributed by atoms with Gasteiger partial charge in [-0.05, 0) is 77.0 Å². The summed E-state index contributed by atoms with van der Waals surface area (Å²) in [6.45, 7) is 6.41. The minimum Gasteiger partial charge on any atom is -0.462 e. The number of hydrogen-bond donors (Lipinski definition) is 3. The van der Waals surface area contributed by atoms with Crippen LogP contribution >= 0.6 is 0 Å². The highest BCUT2D eigenvalue weighted by atomic mass is 16.5. The average molecular weight is 788 g/mol. The number of ether oxygens (including phenoxy) is 1. The summed E-state index contributed by atoms with van der Waals surface area (Å²) >= 11 is 0. The normalized spacial score (nSPS) is 13.6. The van der Waals surface area contributed by atoms with Crippen LogP contribution in [0.1, 0.15) is 245 Å². The molecule has 3 unspecified atom stereocenters. The van der Waals surface area contributed by atoms with E-state index in [0.717, 1.165) is 77.0 Å². The number of aliphatic hydroxyl groups is 2. The minimum atomic E-state index is -0.789. The molecule has 0 aromatic heterocycles. The van der Waals surface area contributed by atoms with Crippen molar-refractivity contribution in [2.24, 2.45) is 0 Å². The Labute approximate surface area is 347 Å². The number of carbonyl (C=O) groups excluding carboxylic acids is 2. The van der Waals surface area contributed by atoms with Gasteiger partial charge in [0, 0.05) is 6.42 Å². The summed E-state index contributed by atoms with van der Waals surface area (Å²) in [5.74, 6) is -0.495. The van der Waals surface area contributed by atoms with Crippen LogP contribution in [0, 0.1) is 0 Å². The summed E-state index contributed by atoms with van der Waals surface area (Å²) in [5, 5.41) is 23.7. The van der Waals surface area contributed by atoms with E-state index in [1.165, 1.54) is 122 Å². The first kappa shape index (κ1) is 54.1. The van der Waals surface area contributed by atoms with Crippen LogP contribution in [-0.4, -0.2) is 46.9 Å². The fourth-order valence-corrected chi connectivity index (χ4v) is 7.21. The van der Waals surface area contributed by atoms with Gasteiger partial charge in [0.05, 0.1) is 25.2 Å². The molecule has 0 bridgehead atoms. The smallest absolute Gasteiger partial charge is 0.306 e. The topological polar surface area (TPSA) is 95.9 Å². The van der Waals surface area contributed by atoms with E-state index >= 15 is 0 Å². The van der Waals surface area contributed by atoms with Gasteiger partial charge in [0.25, 0.3) is 0 Å². The molecule has 0 radical (unpaired) electrons. The highest BCUT2D eigenvalue weighted by Gasteiger charge is 2.24. The third-order valence-corrected chi connectivity index (χ3v) is 10.9. The molecule has 6 heteroatoms. The van der Waals surface area contributed by atoms with Crippen LogP contribution in [-0.2, 0) is 14.3 Å². The van der Waals surface area contributed by atoms with E-state index in [9.17, 15) is 19.8 Å². The van der Waals surface area contributed by atoms with Gasteiger partial charge in [0.2, 0.25) is 5.91 Å². The van der Waals surface area contributed by atoms with Crippen molar-refractivity contribution >= 4 is 11.9 Å². The molecular formula is C50H93NO5. The molecule has 0 saturated heterocycles. The number of aliphatic hydroxyl groups excluding tert-OH is 2. The molecule has 56 heavy (non-hydrogen) atoms. The first-order valence-electron chi connectivity index (χ1n) is 24.2. The Morgan fingerprint density at radius 2 is 0.929 bits per heavy atom. The predicted octanol–water partition coefficient (Wildman–Crippen LogP) is 14.1. The maximum Gasteiger partial charge on any atom is 0.306 e. The standard InChI is InChI=1S/C50H93NO5/c1-4-7-10-13-16-19-22-23-24-25-28-29-32-35-38-41-46(56-50(55)43-40-37-34-31-27-21-18-15-12-9-6-3)44-49(54)51-47(45-52)48(53)42-39-36-33-30-26-20-17-14-11-8-5-2/h15-16,18-19,23-24,46-48,52-53H,4-14,17,20-22,25-45H2,1-3H3,(H,51,54)/b18-15-,19-16-,24-23-. The number of amides is 1. The molecule has 3 atom stereocenters. The lowest BCUT2D eigenvalue weighted by Gasteiger charge is -2.24. The van der Waals surface area contributed by atoms with E-state index < -0.39 is 18.2 Å². The molecule has 0 aliphatic carbocycles. The summed E-state index contributed by atoms with van der Waals surface area (Å²) in [7, 11) is 0. The van der Waals surface area contributed by atoms with Crippen molar-refractivity contribution in [2.45, 2.75) is 264 Å². The monoisotopic (exact) mass is 788 g/mol. The van der Waals surface area contributed by atoms with Crippen molar-refractivity contribution in [3.05, 3.63) is 36.5 Å². The first-order valence-corrected chi connectivity index (χ1v) is 24.2. The van der Waals surface area contributed by atoms with Gasteiger partial charge in [-0.25, -0.2) is 0 Å². The predicted molar refractivity (Wildman–Crippen MR) is 241 cm³/mol. The number of hydrogen-bond acceptors (Lipinski definition) is 5. The van der Waals surface area contributed by atoms with Crippen LogP contribution in [0.2, 0.25) is 0 Å². The molecule has 0 saturated carbocycles. The average Bonchev–Trinajstić information content (AvgIpc) is 3.19. The highest BCUT2D eigenvalue weighted by Crippen LogP contribution is 2.17. The number of rotatable bonds is 43. The Balaban J connectivity index is 4.62. The van der Waals surface area contributed by atoms with Gasteiger partial charge in [-0.1, -0.05) is 192 Å². The summed E-state index contributed by atoms with van der Waals surface area (Å²) < 4.78 is 5.90. The fourth-order valence-electron chi connectivity index (χ4n) is 7.21. The molecule has 0 rings (SSSR count). The zero-order chi connectivity index (χ0) is 41.0. The van der Waals surface area contributed by atoms with Crippen molar-refractivity contribution in [3.8, 4) is 0 Å². The Hall–Kier alpha value is -1.92. The SMILES string of the molecule is CCCC/C=C\CCCCCCCC(=O)OC(CCCCCCC/C=C\C/C=C\CCCCC)CC(=O)NC(CO)C(O)CCCCCCCCCCCCC. The Morgan fingerprint density at radius 1 is 0.518 bits per heavy atom. The number of allylic oxidation sites excluding steroid dienone is 6. The van der Waals surface area contributed by atoms with Crippen LogP contribution in [0.4, 0.5) is 0 Å². The molecule has 0 aromatic carbocycles. The van der Waals surface area contributed by atoms with Crippen LogP contribution in [0.3, 0.4) is 0 Å². The molecule has 0 heterocycles. The Morgan fingerprint density at radius 3 is 1.46 bits per heavy atom. The summed E-state index contributed by atoms with van der Waals surface area (Å²) in [6, 6.07) is -0.704. The van der Waals surface area contributed by atoms with Gasteiger partial charge in [-0.2, -0.15) is 0 Å². The van der Waals surface area contributed by atoms with E-state index in [4.69, 9.17) is 4.74 Å². The molecule has 6 nitrogen and oxygen atoms in total. The van der Waals surface area contributed by atoms with Gasteiger partial charge in [0.15, 0.2) is 0 Å². The second-order valence-corrected chi connectivity index (χ2v) is 16.5. The maximum absolute atomic E-state index is 13.1. The summed E-state index contributed by atoms with van der Waals surface area (Å²) in [5.41, 5.74) is 0. The zero-order valence-electron chi connectivity index (χ0n) is 37.3. The van der Waals surface area contributed by atoms with Gasteiger partial charge in [-0.3, -0.25) is 9.59 Å². The molecule has 0 spiro atoms. The highest BCUT2D eigenvalue weighted by molar-refractivity contribution is 5.77. The number of unbranched alkanes of at least 4 members (excludes halogenated alkanes) is 25. The molecule has 0 aliphatic heterocycles. The lowest BCUT2D eigenvalue weighted by atomic mass is 10.0. The van der Waals surface area contributed by atoms with Crippen LogP contribution in [0.25, 0.3) is 0 Å². The molecule has 328 valence electrons. The molecule has 1 amide bonds. The first-order chi connectivity index (χ1) is 27.5. The quantitative estimate of drug-likeness (QED) is 0.0325. The van der Waals surface area contributed by atoms with Crippen molar-refractivity contribution < 1.29 is 24.5 Å². The van der Waals surface area contributed by atoms with E-state index in [1.807, 2.05) is 0 Å². The third kappa shape index (κ3) is 38.9. The minimum absolute atomic E-state index is 0.0665. The van der Waals surface area contributed by atoms with Crippen molar-refractivity contribution in [1.29, 1.82) is 0 Å². The molecular weight excluding hydrogens is 695 g/mol. The fraction of sp³-hybridized carbons (Fsp3) is 0.840. The summed E-state index contributed by atoms with van der Waals surface area (Å²) in [6.07, 6.45) is 50.5. The second kappa shape index (κ2) is 44.2. The largest absolute Gasteiger partial charge is 0.462 e. The van der Waals surface area contributed by atoms with Crippen molar-refractivity contribution in [3.63, 3.8) is 0 Å². The Bertz CT molecular complexity index is 930. The second-order valence-electron chi connectivity index (χ2n) is 16.5. The van der Waals surface area contributed by atoms with E-state index in [0.29, 0.717) is 19.3 Å². The number of esters is 1. The van der Waals surface area contributed by atoms with Crippen LogP contribution in [0.15, 0.2) is 36.5 Å². The van der Waals surface area contributed by atoms with Gasteiger partial charge in [0.1, 0.15) is 6.10 Å². The third-order valence-electron chi connectivity index (χ3n) is 10.9. The lowest BCUT2D eigenvalue weighted by Crippen LogP contribution is -2.46.